The summed E-state index contributed by atoms with van der Waals surface area (Å²) in [6.45, 7) is 2.16. The van der Waals surface area contributed by atoms with Crippen LogP contribution in [0.1, 0.15) is 11.1 Å². The predicted octanol–water partition coefficient (Wildman–Crippen LogP) is 3.72. The van der Waals surface area contributed by atoms with Gasteiger partial charge in [-0.05, 0) is 36.9 Å². The fourth-order valence-electron chi connectivity index (χ4n) is 2.54. The lowest BCUT2D eigenvalue weighted by Crippen LogP contribution is -2.32. The van der Waals surface area contributed by atoms with E-state index in [9.17, 15) is 24.8 Å². The van der Waals surface area contributed by atoms with Crippen LogP contribution in [0.3, 0.4) is 0 Å². The maximum atomic E-state index is 12.5. The number of hydrogen-bond donors (Lipinski definition) is 1. The molecule has 0 saturated carbocycles. The van der Waals surface area contributed by atoms with E-state index in [-0.39, 0.29) is 23.6 Å². The fraction of sp³-hybridized carbons (Fsp3) is 0.158. The van der Waals surface area contributed by atoms with Gasteiger partial charge in [0.1, 0.15) is 12.4 Å². The number of benzene rings is 2. The van der Waals surface area contributed by atoms with E-state index in [0.717, 1.165) is 16.5 Å². The van der Waals surface area contributed by atoms with Crippen LogP contribution in [0.15, 0.2) is 47.4 Å². The summed E-state index contributed by atoms with van der Waals surface area (Å²) in [7, 11) is 0. The Labute approximate surface area is 164 Å². The first kappa shape index (κ1) is 19.4. The van der Waals surface area contributed by atoms with Gasteiger partial charge in [0, 0.05) is 11.6 Å². The van der Waals surface area contributed by atoms with Gasteiger partial charge in [-0.2, -0.15) is 0 Å². The second kappa shape index (κ2) is 8.13. The average Bonchev–Trinajstić information content (AvgIpc) is 2.92. The molecule has 2 amide bonds. The first-order valence-corrected chi connectivity index (χ1v) is 9.09. The molecule has 2 aromatic rings. The van der Waals surface area contributed by atoms with Gasteiger partial charge >= 0.3 is 5.69 Å². The van der Waals surface area contributed by atoms with E-state index in [1.165, 1.54) is 18.2 Å². The average molecular weight is 400 g/mol. The van der Waals surface area contributed by atoms with Crippen molar-refractivity contribution in [2.75, 3.05) is 13.2 Å². The Morgan fingerprint density at radius 1 is 1.21 bits per heavy atom. The number of hydrogen-bond acceptors (Lipinski definition) is 7. The van der Waals surface area contributed by atoms with Crippen molar-refractivity contribution in [1.29, 1.82) is 0 Å². The Kier molecular flexibility index (Phi) is 5.65. The van der Waals surface area contributed by atoms with Gasteiger partial charge in [-0.15, -0.1) is 0 Å². The van der Waals surface area contributed by atoms with Crippen LogP contribution in [-0.2, 0) is 4.79 Å². The summed E-state index contributed by atoms with van der Waals surface area (Å²) < 4.78 is 5.54. The Morgan fingerprint density at radius 3 is 2.61 bits per heavy atom. The number of aromatic hydroxyl groups is 1. The zero-order valence-corrected chi connectivity index (χ0v) is 15.6. The van der Waals surface area contributed by atoms with Crippen molar-refractivity contribution in [3.8, 4) is 11.5 Å². The van der Waals surface area contributed by atoms with E-state index in [4.69, 9.17) is 4.74 Å². The minimum absolute atomic E-state index is 0.0663. The van der Waals surface area contributed by atoms with Crippen molar-refractivity contribution in [2.45, 2.75) is 6.92 Å². The third-order valence-corrected chi connectivity index (χ3v) is 4.91. The standard InChI is InChI=1S/C19H16N2O6S/c1-12-5-7-14(8-6-12)27-10-9-20-18(23)16(28-19(20)24)11-13-3-2-4-15(17(13)22)21(25)26/h2-8,11,22H,9-10H2,1H3/b16-11-. The van der Waals surface area contributed by atoms with Gasteiger partial charge in [-0.1, -0.05) is 29.8 Å². The minimum Gasteiger partial charge on any atom is -0.502 e. The monoisotopic (exact) mass is 400 g/mol. The number of carbonyl (C=O) groups is 2. The summed E-state index contributed by atoms with van der Waals surface area (Å²) in [6, 6.07) is 11.4. The number of nitro benzene ring substituents is 1. The van der Waals surface area contributed by atoms with Gasteiger partial charge in [-0.3, -0.25) is 24.6 Å². The second-order valence-corrected chi connectivity index (χ2v) is 6.96. The van der Waals surface area contributed by atoms with Crippen molar-refractivity contribution in [3.63, 3.8) is 0 Å². The number of phenols is 1. The van der Waals surface area contributed by atoms with E-state index >= 15 is 0 Å². The Hall–Kier alpha value is -3.33. The van der Waals surface area contributed by atoms with E-state index in [2.05, 4.69) is 0 Å². The normalized spacial score (nSPS) is 15.3. The number of carbonyl (C=O) groups excluding carboxylic acids is 2. The van der Waals surface area contributed by atoms with Crippen LogP contribution in [0.4, 0.5) is 10.5 Å². The van der Waals surface area contributed by atoms with Crippen molar-refractivity contribution in [2.24, 2.45) is 0 Å². The summed E-state index contributed by atoms with van der Waals surface area (Å²) in [6.07, 6.45) is 1.27. The van der Waals surface area contributed by atoms with Crippen LogP contribution in [-0.4, -0.2) is 39.2 Å². The molecule has 28 heavy (non-hydrogen) atoms. The molecule has 0 spiro atoms. The maximum Gasteiger partial charge on any atom is 0.311 e. The number of phenolic OH excluding ortho intramolecular Hbond substituents is 1. The molecule has 1 N–H and O–H groups in total. The van der Waals surface area contributed by atoms with Gasteiger partial charge < -0.3 is 9.84 Å². The molecule has 1 fully saturated rings. The number of para-hydroxylation sites is 1. The van der Waals surface area contributed by atoms with Gasteiger partial charge in [0.25, 0.3) is 11.1 Å². The maximum absolute atomic E-state index is 12.5. The van der Waals surface area contributed by atoms with Gasteiger partial charge in [0.15, 0.2) is 0 Å². The highest BCUT2D eigenvalue weighted by Crippen LogP contribution is 2.36. The van der Waals surface area contributed by atoms with Crippen LogP contribution >= 0.6 is 11.8 Å². The van der Waals surface area contributed by atoms with E-state index < -0.39 is 27.5 Å². The highest BCUT2D eigenvalue weighted by atomic mass is 32.2. The Balaban J connectivity index is 1.69. The molecule has 1 heterocycles. The number of amides is 2. The summed E-state index contributed by atoms with van der Waals surface area (Å²) in [5.74, 6) is -0.454. The number of thioether (sulfide) groups is 1. The molecule has 0 unspecified atom stereocenters. The number of nitro groups is 1. The van der Waals surface area contributed by atoms with Crippen molar-refractivity contribution in [1.82, 2.24) is 4.90 Å². The molecule has 0 radical (unpaired) electrons. The molecule has 2 aromatic carbocycles. The highest BCUT2D eigenvalue weighted by molar-refractivity contribution is 8.18. The van der Waals surface area contributed by atoms with Crippen LogP contribution in [0.2, 0.25) is 0 Å². The largest absolute Gasteiger partial charge is 0.502 e. The lowest BCUT2D eigenvalue weighted by molar-refractivity contribution is -0.385. The topological polar surface area (TPSA) is 110 Å². The molecular formula is C19H16N2O6S. The Bertz CT molecular complexity index is 971. The minimum atomic E-state index is -0.721. The molecule has 144 valence electrons. The summed E-state index contributed by atoms with van der Waals surface area (Å²) in [5, 5.41) is 20.4. The van der Waals surface area contributed by atoms with E-state index in [1.54, 1.807) is 12.1 Å². The van der Waals surface area contributed by atoms with E-state index in [0.29, 0.717) is 17.5 Å². The van der Waals surface area contributed by atoms with Gasteiger partial charge in [-0.25, -0.2) is 0 Å². The van der Waals surface area contributed by atoms with Gasteiger partial charge in [0.2, 0.25) is 5.75 Å². The number of aryl methyl sites for hydroxylation is 1. The summed E-state index contributed by atoms with van der Waals surface area (Å²) >= 11 is 0.710. The number of rotatable bonds is 6. The zero-order chi connectivity index (χ0) is 20.3. The van der Waals surface area contributed by atoms with Crippen LogP contribution in [0.25, 0.3) is 6.08 Å². The highest BCUT2D eigenvalue weighted by Gasteiger charge is 2.35. The van der Waals surface area contributed by atoms with Crippen molar-refractivity contribution in [3.05, 3.63) is 68.6 Å². The molecule has 1 aliphatic rings. The number of ether oxygens (including phenoxy) is 1. The molecule has 8 nitrogen and oxygen atoms in total. The molecule has 0 bridgehead atoms. The molecule has 1 saturated heterocycles. The Morgan fingerprint density at radius 2 is 1.93 bits per heavy atom. The smallest absolute Gasteiger partial charge is 0.311 e. The molecular weight excluding hydrogens is 384 g/mol. The van der Waals surface area contributed by atoms with Crippen LogP contribution in [0, 0.1) is 17.0 Å². The first-order valence-electron chi connectivity index (χ1n) is 8.28. The SMILES string of the molecule is Cc1ccc(OCCN2C(=O)S/C(=C\c3cccc([N+](=O)[O-])c3O)C2=O)cc1. The summed E-state index contributed by atoms with van der Waals surface area (Å²) in [5.41, 5.74) is 0.711. The molecule has 0 aliphatic carbocycles. The lowest BCUT2D eigenvalue weighted by Gasteiger charge is -2.13. The zero-order valence-electron chi connectivity index (χ0n) is 14.8. The quantitative estimate of drug-likeness (QED) is 0.447. The van der Waals surface area contributed by atoms with Crippen LogP contribution in [0.5, 0.6) is 11.5 Å². The molecule has 1 aliphatic heterocycles. The molecule has 3 rings (SSSR count). The van der Waals surface area contributed by atoms with E-state index in [1.807, 2.05) is 19.1 Å². The van der Waals surface area contributed by atoms with Crippen molar-refractivity contribution < 1.29 is 24.4 Å². The second-order valence-electron chi connectivity index (χ2n) is 5.97. The molecule has 0 aromatic heterocycles. The molecule has 9 heteroatoms. The third-order valence-electron chi connectivity index (χ3n) is 4.01. The predicted molar refractivity (Wildman–Crippen MR) is 104 cm³/mol. The fourth-order valence-corrected chi connectivity index (χ4v) is 3.39. The number of nitrogens with zero attached hydrogens (tertiary/aromatic N) is 2. The van der Waals surface area contributed by atoms with Gasteiger partial charge in [0.05, 0.1) is 16.4 Å². The third kappa shape index (κ3) is 4.15. The lowest BCUT2D eigenvalue weighted by atomic mass is 10.1. The number of imide groups is 1. The first-order chi connectivity index (χ1) is 13.4. The summed E-state index contributed by atoms with van der Waals surface area (Å²) in [4.78, 5) is 35.9. The molecule has 0 atom stereocenters. The van der Waals surface area contributed by atoms with Crippen molar-refractivity contribution >= 4 is 34.7 Å². The van der Waals surface area contributed by atoms with Crippen LogP contribution < -0.4 is 4.74 Å².